The van der Waals surface area contributed by atoms with Gasteiger partial charge in [-0.3, -0.25) is 4.79 Å². The number of para-hydroxylation sites is 1. The number of aromatic nitrogens is 1. The van der Waals surface area contributed by atoms with Crippen LogP contribution in [0.3, 0.4) is 0 Å². The average Bonchev–Trinajstić information content (AvgIpc) is 2.73. The summed E-state index contributed by atoms with van der Waals surface area (Å²) >= 11 is 0. The van der Waals surface area contributed by atoms with E-state index in [2.05, 4.69) is 15.2 Å². The van der Waals surface area contributed by atoms with Crippen molar-refractivity contribution in [2.24, 2.45) is 5.92 Å². The molecule has 3 aromatic rings. The highest BCUT2D eigenvalue weighted by molar-refractivity contribution is 5.94. The molecule has 0 saturated carbocycles. The number of benzene rings is 2. The van der Waals surface area contributed by atoms with Gasteiger partial charge >= 0.3 is 0 Å². The molecule has 0 aliphatic carbocycles. The molecule has 2 heterocycles. The summed E-state index contributed by atoms with van der Waals surface area (Å²) in [6.45, 7) is 4.31. The van der Waals surface area contributed by atoms with E-state index in [1.54, 1.807) is 6.07 Å². The number of pyridine rings is 1. The Bertz CT molecular complexity index is 990. The Hall–Kier alpha value is -2.95. The fourth-order valence-electron chi connectivity index (χ4n) is 3.96. The van der Waals surface area contributed by atoms with Gasteiger partial charge in [-0.15, -0.1) is 0 Å². The van der Waals surface area contributed by atoms with Crippen molar-refractivity contribution in [3.05, 3.63) is 71.7 Å². The normalized spacial score (nSPS) is 16.9. The fraction of sp³-hybridized carbons (Fsp3) is 0.304. The highest BCUT2D eigenvalue weighted by Crippen LogP contribution is 2.31. The van der Waals surface area contributed by atoms with Crippen LogP contribution in [0, 0.1) is 18.7 Å². The second-order valence-electron chi connectivity index (χ2n) is 7.45. The third-order valence-corrected chi connectivity index (χ3v) is 5.34. The minimum atomic E-state index is -0.286. The zero-order valence-corrected chi connectivity index (χ0v) is 16.0. The molecule has 1 N–H and O–H groups in total. The van der Waals surface area contributed by atoms with Crippen LogP contribution >= 0.6 is 0 Å². The Morgan fingerprint density at radius 3 is 2.86 bits per heavy atom. The predicted molar refractivity (Wildman–Crippen MR) is 110 cm³/mol. The van der Waals surface area contributed by atoms with Crippen LogP contribution in [0.2, 0.25) is 0 Å². The zero-order chi connectivity index (χ0) is 19.5. The van der Waals surface area contributed by atoms with Crippen LogP contribution in [0.25, 0.3) is 10.9 Å². The Morgan fingerprint density at radius 2 is 2.04 bits per heavy atom. The quantitative estimate of drug-likeness (QED) is 0.736. The number of carbonyl (C=O) groups excluding carboxylic acids is 1. The lowest BCUT2D eigenvalue weighted by molar-refractivity contribution is 0.0945. The highest BCUT2D eigenvalue weighted by atomic mass is 19.1. The Kier molecular flexibility index (Phi) is 5.24. The smallest absolute Gasteiger partial charge is 0.251 e. The number of amides is 1. The van der Waals surface area contributed by atoms with Crippen molar-refractivity contribution in [2.75, 3.05) is 24.5 Å². The maximum absolute atomic E-state index is 14.2. The lowest BCUT2D eigenvalue weighted by atomic mass is 9.96. The molecule has 0 radical (unpaired) electrons. The molecule has 0 bridgehead atoms. The van der Waals surface area contributed by atoms with E-state index in [1.165, 1.54) is 6.07 Å². The summed E-state index contributed by atoms with van der Waals surface area (Å²) in [5.74, 6) is 0.0367. The van der Waals surface area contributed by atoms with Gasteiger partial charge in [-0.25, -0.2) is 9.37 Å². The van der Waals surface area contributed by atoms with Crippen molar-refractivity contribution in [3.63, 3.8) is 0 Å². The van der Waals surface area contributed by atoms with Gasteiger partial charge in [-0.05, 0) is 49.9 Å². The van der Waals surface area contributed by atoms with Crippen LogP contribution in [-0.4, -0.2) is 30.5 Å². The molecule has 28 heavy (non-hydrogen) atoms. The largest absolute Gasteiger partial charge is 0.371 e. The number of nitrogens with one attached hydrogen (secondary N) is 1. The molecule has 4 rings (SSSR count). The molecule has 1 atom stereocenters. The van der Waals surface area contributed by atoms with Gasteiger partial charge in [0.25, 0.3) is 5.91 Å². The van der Waals surface area contributed by atoms with Crippen LogP contribution in [-0.2, 0) is 0 Å². The van der Waals surface area contributed by atoms with Crippen molar-refractivity contribution in [2.45, 2.75) is 19.8 Å². The standard InChI is InChI=1S/C23H24FN3O/c1-16-13-21(19-10-5-11-20(24)22(19)26-16)27-12-6-7-17(15-27)14-25-23(28)18-8-3-2-4-9-18/h2-5,8-11,13,17H,6-7,12,14-15H2,1H3,(H,25,28). The number of aryl methyl sites for hydroxylation is 1. The van der Waals surface area contributed by atoms with Crippen molar-refractivity contribution in [3.8, 4) is 0 Å². The van der Waals surface area contributed by atoms with Crippen molar-refractivity contribution in [1.82, 2.24) is 10.3 Å². The van der Waals surface area contributed by atoms with E-state index in [4.69, 9.17) is 0 Å². The summed E-state index contributed by atoms with van der Waals surface area (Å²) in [7, 11) is 0. The molecular formula is C23H24FN3O. The molecule has 144 valence electrons. The summed E-state index contributed by atoms with van der Waals surface area (Å²) in [4.78, 5) is 19.0. The van der Waals surface area contributed by atoms with Gasteiger partial charge in [0.15, 0.2) is 0 Å². The van der Waals surface area contributed by atoms with Gasteiger partial charge in [0.2, 0.25) is 0 Å². The monoisotopic (exact) mass is 377 g/mol. The van der Waals surface area contributed by atoms with Crippen LogP contribution < -0.4 is 10.2 Å². The van der Waals surface area contributed by atoms with Gasteiger partial charge in [0.1, 0.15) is 11.3 Å². The molecule has 2 aromatic carbocycles. The average molecular weight is 377 g/mol. The maximum atomic E-state index is 14.2. The van der Waals surface area contributed by atoms with Gasteiger partial charge in [0.05, 0.1) is 0 Å². The van der Waals surface area contributed by atoms with E-state index in [0.717, 1.165) is 42.7 Å². The molecular weight excluding hydrogens is 353 g/mol. The Balaban J connectivity index is 1.49. The number of rotatable bonds is 4. The molecule has 1 fully saturated rings. The summed E-state index contributed by atoms with van der Waals surface area (Å²) in [6.07, 6.45) is 2.12. The number of piperidine rings is 1. The summed E-state index contributed by atoms with van der Waals surface area (Å²) < 4.78 is 14.2. The summed E-state index contributed by atoms with van der Waals surface area (Å²) in [6, 6.07) is 16.4. The molecule has 1 aromatic heterocycles. The number of carbonyl (C=O) groups is 1. The molecule has 5 heteroatoms. The minimum Gasteiger partial charge on any atom is -0.371 e. The van der Waals surface area contributed by atoms with Gasteiger partial charge in [0, 0.05) is 42.0 Å². The zero-order valence-electron chi connectivity index (χ0n) is 16.0. The number of nitrogens with zero attached hydrogens (tertiary/aromatic N) is 2. The first-order chi connectivity index (χ1) is 13.6. The second-order valence-corrected chi connectivity index (χ2v) is 7.45. The first-order valence-corrected chi connectivity index (χ1v) is 9.76. The number of anilines is 1. The Labute approximate surface area is 164 Å². The molecule has 1 aliphatic rings. The van der Waals surface area contributed by atoms with Crippen molar-refractivity contribution >= 4 is 22.5 Å². The van der Waals surface area contributed by atoms with Crippen molar-refractivity contribution < 1.29 is 9.18 Å². The van der Waals surface area contributed by atoms with E-state index in [0.29, 0.717) is 23.5 Å². The molecule has 4 nitrogen and oxygen atoms in total. The predicted octanol–water partition coefficient (Wildman–Crippen LogP) is 4.33. The number of hydrogen-bond acceptors (Lipinski definition) is 3. The van der Waals surface area contributed by atoms with E-state index in [-0.39, 0.29) is 11.7 Å². The molecule has 0 spiro atoms. The fourth-order valence-corrected chi connectivity index (χ4v) is 3.96. The maximum Gasteiger partial charge on any atom is 0.251 e. The molecule has 1 aliphatic heterocycles. The minimum absolute atomic E-state index is 0.0370. The lowest BCUT2D eigenvalue weighted by Crippen LogP contribution is -2.41. The Morgan fingerprint density at radius 1 is 1.21 bits per heavy atom. The third kappa shape index (κ3) is 3.84. The van der Waals surface area contributed by atoms with Gasteiger partial charge in [-0.1, -0.05) is 30.3 Å². The summed E-state index contributed by atoms with van der Waals surface area (Å²) in [5, 5.41) is 3.91. The first kappa shape index (κ1) is 18.4. The topological polar surface area (TPSA) is 45.2 Å². The van der Waals surface area contributed by atoms with Crippen LogP contribution in [0.4, 0.5) is 10.1 Å². The van der Waals surface area contributed by atoms with Gasteiger partial charge in [-0.2, -0.15) is 0 Å². The van der Waals surface area contributed by atoms with E-state index >= 15 is 0 Å². The molecule has 1 amide bonds. The highest BCUT2D eigenvalue weighted by Gasteiger charge is 2.23. The SMILES string of the molecule is Cc1cc(N2CCCC(CNC(=O)c3ccccc3)C2)c2cccc(F)c2n1. The van der Waals surface area contributed by atoms with E-state index < -0.39 is 0 Å². The lowest BCUT2D eigenvalue weighted by Gasteiger charge is -2.35. The van der Waals surface area contributed by atoms with E-state index in [9.17, 15) is 9.18 Å². The third-order valence-electron chi connectivity index (χ3n) is 5.34. The molecule has 1 saturated heterocycles. The second kappa shape index (κ2) is 7.97. The summed E-state index contributed by atoms with van der Waals surface area (Å²) in [5.41, 5.74) is 2.95. The number of halogens is 1. The van der Waals surface area contributed by atoms with Crippen LogP contribution in [0.15, 0.2) is 54.6 Å². The van der Waals surface area contributed by atoms with E-state index in [1.807, 2.05) is 49.4 Å². The van der Waals surface area contributed by atoms with Gasteiger partial charge < -0.3 is 10.2 Å². The van der Waals surface area contributed by atoms with Crippen LogP contribution in [0.5, 0.6) is 0 Å². The first-order valence-electron chi connectivity index (χ1n) is 9.76. The van der Waals surface area contributed by atoms with Crippen LogP contribution in [0.1, 0.15) is 28.9 Å². The molecule has 1 unspecified atom stereocenters. The van der Waals surface area contributed by atoms with Crippen molar-refractivity contribution in [1.29, 1.82) is 0 Å². The number of hydrogen-bond donors (Lipinski definition) is 1. The number of fused-ring (bicyclic) bond motifs is 1.